The lowest BCUT2D eigenvalue weighted by Crippen LogP contribution is -2.47. The largest absolute Gasteiger partial charge is 0.333 e. The molecule has 2 amide bonds. The van der Waals surface area contributed by atoms with Crippen LogP contribution in [0.3, 0.4) is 0 Å². The smallest absolute Gasteiger partial charge is 0.320 e. The van der Waals surface area contributed by atoms with Crippen LogP contribution >= 0.6 is 11.7 Å². The van der Waals surface area contributed by atoms with E-state index in [2.05, 4.69) is 40.2 Å². The van der Waals surface area contributed by atoms with Gasteiger partial charge in [-0.25, -0.2) is 4.79 Å². The van der Waals surface area contributed by atoms with Crippen LogP contribution in [0.15, 0.2) is 6.20 Å². The van der Waals surface area contributed by atoms with Crippen LogP contribution in [0.1, 0.15) is 41.0 Å². The molecule has 0 saturated heterocycles. The molecule has 17 heavy (non-hydrogen) atoms. The van der Waals surface area contributed by atoms with Crippen molar-refractivity contribution < 1.29 is 4.79 Å². The van der Waals surface area contributed by atoms with Gasteiger partial charge in [0.05, 0.1) is 17.9 Å². The van der Waals surface area contributed by atoms with Crippen molar-refractivity contribution in [3.63, 3.8) is 0 Å². The second kappa shape index (κ2) is 5.00. The molecule has 0 aliphatic heterocycles. The van der Waals surface area contributed by atoms with E-state index < -0.39 is 0 Å². The quantitative estimate of drug-likeness (QED) is 0.873. The molecule has 0 aromatic carbocycles. The number of hydrogen-bond donors (Lipinski definition) is 2. The Balaban J connectivity index is 2.50. The zero-order chi connectivity index (χ0) is 13.1. The van der Waals surface area contributed by atoms with Crippen molar-refractivity contribution in [2.45, 2.75) is 46.6 Å². The Morgan fingerprint density at radius 3 is 2.47 bits per heavy atom. The summed E-state index contributed by atoms with van der Waals surface area (Å²) in [6, 6.07) is -0.244. The van der Waals surface area contributed by atoms with Crippen molar-refractivity contribution in [3.05, 3.63) is 6.20 Å². The molecule has 0 unspecified atom stereocenters. The van der Waals surface area contributed by atoms with Crippen molar-refractivity contribution in [1.82, 2.24) is 14.1 Å². The fraction of sp³-hybridized carbons (Fsp3) is 0.727. The molecule has 0 saturated carbocycles. The first-order chi connectivity index (χ1) is 7.68. The highest BCUT2D eigenvalue weighted by atomic mass is 32.1. The maximum Gasteiger partial charge on any atom is 0.320 e. The van der Waals surface area contributed by atoms with Crippen molar-refractivity contribution in [1.29, 1.82) is 0 Å². The number of hydrogen-bond acceptors (Lipinski definition) is 4. The van der Waals surface area contributed by atoms with E-state index in [0.29, 0.717) is 5.82 Å². The van der Waals surface area contributed by atoms with Crippen LogP contribution in [0.4, 0.5) is 10.6 Å². The number of urea groups is 1. The number of nitrogens with one attached hydrogen (secondary N) is 2. The average Bonchev–Trinajstić information content (AvgIpc) is 2.49. The van der Waals surface area contributed by atoms with Crippen LogP contribution in [-0.2, 0) is 0 Å². The van der Waals surface area contributed by atoms with Gasteiger partial charge in [-0.05, 0) is 25.7 Å². The first-order valence-electron chi connectivity index (χ1n) is 5.55. The van der Waals surface area contributed by atoms with Crippen LogP contribution in [0.25, 0.3) is 0 Å². The lowest BCUT2D eigenvalue weighted by atomic mass is 9.82. The van der Waals surface area contributed by atoms with Gasteiger partial charge in [-0.3, -0.25) is 5.32 Å². The third kappa shape index (κ3) is 5.63. The lowest BCUT2D eigenvalue weighted by Gasteiger charge is -2.33. The number of aromatic nitrogens is 2. The standard InChI is InChI=1S/C11H20N4OS/c1-10(2,3)7-11(4,5)14-9(16)13-8-6-12-17-15-8/h6H,7H2,1-5H3,(H2,13,14,15,16). The molecular formula is C11H20N4OS. The number of nitrogens with zero attached hydrogens (tertiary/aromatic N) is 2. The van der Waals surface area contributed by atoms with E-state index in [1.54, 1.807) is 0 Å². The minimum atomic E-state index is -0.258. The molecule has 0 aliphatic rings. The second-order valence-electron chi connectivity index (χ2n) is 5.99. The van der Waals surface area contributed by atoms with Gasteiger partial charge in [0.2, 0.25) is 0 Å². The minimum Gasteiger partial charge on any atom is -0.333 e. The summed E-state index contributed by atoms with van der Waals surface area (Å²) >= 11 is 1.07. The number of anilines is 1. The van der Waals surface area contributed by atoms with Gasteiger partial charge >= 0.3 is 6.03 Å². The molecule has 96 valence electrons. The molecule has 0 aliphatic carbocycles. The van der Waals surface area contributed by atoms with Crippen molar-refractivity contribution in [2.24, 2.45) is 5.41 Å². The van der Waals surface area contributed by atoms with Gasteiger partial charge in [-0.15, -0.1) is 0 Å². The SMILES string of the molecule is CC(C)(C)CC(C)(C)NC(=O)Nc1cnsn1. The van der Waals surface area contributed by atoms with Crippen molar-refractivity contribution >= 4 is 23.6 Å². The van der Waals surface area contributed by atoms with E-state index in [1.807, 2.05) is 13.8 Å². The van der Waals surface area contributed by atoms with E-state index in [4.69, 9.17) is 0 Å². The normalized spacial score (nSPS) is 12.3. The summed E-state index contributed by atoms with van der Waals surface area (Å²) in [5, 5.41) is 5.59. The number of carbonyl (C=O) groups is 1. The Labute approximate surface area is 106 Å². The zero-order valence-electron chi connectivity index (χ0n) is 11.0. The Hall–Kier alpha value is -1.17. The maximum absolute atomic E-state index is 11.7. The fourth-order valence-corrected chi connectivity index (χ4v) is 2.42. The molecule has 1 aromatic heterocycles. The van der Waals surface area contributed by atoms with Gasteiger partial charge in [0.25, 0.3) is 0 Å². The zero-order valence-corrected chi connectivity index (χ0v) is 11.8. The molecule has 1 aromatic rings. The molecule has 2 N–H and O–H groups in total. The van der Waals surface area contributed by atoms with Gasteiger partial charge < -0.3 is 5.32 Å². The lowest BCUT2D eigenvalue weighted by molar-refractivity contribution is 0.220. The fourth-order valence-electron chi connectivity index (χ4n) is 2.04. The van der Waals surface area contributed by atoms with E-state index in [9.17, 15) is 4.79 Å². The van der Waals surface area contributed by atoms with Crippen LogP contribution in [0.5, 0.6) is 0 Å². The van der Waals surface area contributed by atoms with E-state index in [1.165, 1.54) is 6.20 Å². The van der Waals surface area contributed by atoms with Gasteiger partial charge in [-0.2, -0.15) is 8.75 Å². The molecule has 1 heterocycles. The van der Waals surface area contributed by atoms with E-state index >= 15 is 0 Å². The molecule has 0 atom stereocenters. The second-order valence-corrected chi connectivity index (χ2v) is 6.55. The third-order valence-corrected chi connectivity index (χ3v) is 2.51. The van der Waals surface area contributed by atoms with Crippen LogP contribution < -0.4 is 10.6 Å². The molecule has 0 radical (unpaired) electrons. The van der Waals surface area contributed by atoms with Gasteiger partial charge in [0.15, 0.2) is 5.82 Å². The molecule has 0 spiro atoms. The highest BCUT2D eigenvalue weighted by Gasteiger charge is 2.27. The summed E-state index contributed by atoms with van der Waals surface area (Å²) in [5.41, 5.74) is -0.0925. The first kappa shape index (κ1) is 13.9. The summed E-state index contributed by atoms with van der Waals surface area (Å²) in [6.07, 6.45) is 2.42. The number of amides is 2. The maximum atomic E-state index is 11.7. The Morgan fingerprint density at radius 2 is 2.00 bits per heavy atom. The molecule has 0 bridgehead atoms. The predicted molar refractivity (Wildman–Crippen MR) is 70.2 cm³/mol. The van der Waals surface area contributed by atoms with Gasteiger partial charge in [0.1, 0.15) is 0 Å². The van der Waals surface area contributed by atoms with Crippen molar-refractivity contribution in [2.75, 3.05) is 5.32 Å². The summed E-state index contributed by atoms with van der Waals surface area (Å²) in [5.74, 6) is 0.485. The van der Waals surface area contributed by atoms with E-state index in [-0.39, 0.29) is 17.0 Å². The Bertz CT molecular complexity index is 367. The average molecular weight is 256 g/mol. The third-order valence-electron chi connectivity index (χ3n) is 2.03. The number of rotatable bonds is 3. The van der Waals surface area contributed by atoms with Crippen molar-refractivity contribution in [3.8, 4) is 0 Å². The molecule has 0 fully saturated rings. The Morgan fingerprint density at radius 1 is 1.35 bits per heavy atom. The van der Waals surface area contributed by atoms with Crippen LogP contribution in [0.2, 0.25) is 0 Å². The summed E-state index contributed by atoms with van der Waals surface area (Å²) in [6.45, 7) is 10.5. The number of carbonyl (C=O) groups excluding carboxylic acids is 1. The minimum absolute atomic E-state index is 0.166. The van der Waals surface area contributed by atoms with E-state index in [0.717, 1.165) is 18.1 Å². The highest BCUT2D eigenvalue weighted by molar-refractivity contribution is 6.99. The molecule has 5 nitrogen and oxygen atoms in total. The summed E-state index contributed by atoms with van der Waals surface area (Å²) in [4.78, 5) is 11.7. The Kier molecular flexibility index (Phi) is 4.08. The van der Waals surface area contributed by atoms with Gasteiger partial charge in [0, 0.05) is 5.54 Å². The summed E-state index contributed by atoms with van der Waals surface area (Å²) < 4.78 is 7.74. The topological polar surface area (TPSA) is 66.9 Å². The molecule has 1 rings (SSSR count). The summed E-state index contributed by atoms with van der Waals surface area (Å²) in [7, 11) is 0. The highest BCUT2D eigenvalue weighted by Crippen LogP contribution is 2.26. The molecule has 6 heteroatoms. The monoisotopic (exact) mass is 256 g/mol. The predicted octanol–water partition coefficient (Wildman–Crippen LogP) is 2.87. The van der Waals surface area contributed by atoms with Crippen LogP contribution in [-0.4, -0.2) is 20.3 Å². The first-order valence-corrected chi connectivity index (χ1v) is 6.28. The molecular weight excluding hydrogens is 236 g/mol. The van der Waals surface area contributed by atoms with Crippen LogP contribution in [0, 0.1) is 5.41 Å². The van der Waals surface area contributed by atoms with Gasteiger partial charge in [-0.1, -0.05) is 20.8 Å².